The molecule has 1 aromatic heterocycles. The maximum Gasteiger partial charge on any atom is 0.240 e. The molecule has 0 aliphatic carbocycles. The predicted molar refractivity (Wildman–Crippen MR) is 116 cm³/mol. The van der Waals surface area contributed by atoms with Gasteiger partial charge in [0.05, 0.1) is 9.79 Å². The van der Waals surface area contributed by atoms with Gasteiger partial charge in [0.25, 0.3) is 0 Å². The first-order chi connectivity index (χ1) is 14.2. The van der Waals surface area contributed by atoms with E-state index in [9.17, 15) is 16.8 Å². The minimum atomic E-state index is -3.88. The van der Waals surface area contributed by atoms with E-state index in [2.05, 4.69) is 9.71 Å². The number of rotatable bonds is 8. The van der Waals surface area contributed by atoms with Gasteiger partial charge < -0.3 is 0 Å². The number of pyridine rings is 1. The summed E-state index contributed by atoms with van der Waals surface area (Å²) in [6, 6.07) is 17.8. The van der Waals surface area contributed by atoms with Crippen molar-refractivity contribution in [3.63, 3.8) is 0 Å². The third-order valence-corrected chi connectivity index (χ3v) is 8.37. The van der Waals surface area contributed by atoms with Gasteiger partial charge in [0.2, 0.25) is 10.0 Å². The lowest BCUT2D eigenvalue weighted by Crippen LogP contribution is -2.32. The molecule has 0 saturated carbocycles. The maximum atomic E-state index is 13.2. The highest BCUT2D eigenvalue weighted by molar-refractivity contribution is 7.92. The van der Waals surface area contributed by atoms with Crippen LogP contribution in [0.2, 0.25) is 0 Å². The number of benzene rings is 2. The average molecular weight is 445 g/mol. The fourth-order valence-electron chi connectivity index (χ4n) is 3.05. The molecule has 0 spiro atoms. The van der Waals surface area contributed by atoms with E-state index in [1.54, 1.807) is 42.5 Å². The van der Waals surface area contributed by atoms with E-state index in [0.717, 1.165) is 5.56 Å². The molecule has 0 amide bonds. The van der Waals surface area contributed by atoms with Gasteiger partial charge in [0.15, 0.2) is 9.84 Å². The minimum absolute atomic E-state index is 0.0916. The Balaban J connectivity index is 1.91. The molecule has 6 nitrogen and oxygen atoms in total. The van der Waals surface area contributed by atoms with Gasteiger partial charge in [-0.15, -0.1) is 0 Å². The summed E-state index contributed by atoms with van der Waals surface area (Å²) in [5.74, 6) is 0.278. The topological polar surface area (TPSA) is 93.2 Å². The number of nitrogens with zero attached hydrogens (tertiary/aromatic N) is 1. The van der Waals surface area contributed by atoms with Crippen molar-refractivity contribution in [3.05, 3.63) is 90.3 Å². The molecule has 3 rings (SSSR count). The van der Waals surface area contributed by atoms with Crippen LogP contribution in [0.15, 0.2) is 88.9 Å². The van der Waals surface area contributed by atoms with Gasteiger partial charge in [-0.05, 0) is 47.4 Å². The molecular weight excluding hydrogens is 420 g/mol. The van der Waals surface area contributed by atoms with Crippen LogP contribution in [0, 0.1) is 0 Å². The molecule has 1 N–H and O–H groups in total. The highest BCUT2D eigenvalue weighted by atomic mass is 32.2. The van der Waals surface area contributed by atoms with Crippen LogP contribution in [-0.4, -0.2) is 28.4 Å². The van der Waals surface area contributed by atoms with Crippen LogP contribution in [0.5, 0.6) is 0 Å². The van der Waals surface area contributed by atoms with Gasteiger partial charge in [0, 0.05) is 18.9 Å². The third-order valence-electron chi connectivity index (χ3n) is 4.82. The van der Waals surface area contributed by atoms with Crippen LogP contribution in [-0.2, 0) is 19.9 Å². The van der Waals surface area contributed by atoms with Gasteiger partial charge in [-0.1, -0.05) is 50.2 Å². The molecular formula is C22H24N2O4S2. The summed E-state index contributed by atoms with van der Waals surface area (Å²) in [7, 11) is -7.73. The summed E-state index contributed by atoms with van der Waals surface area (Å²) in [5, 5.41) is -1.11. The molecule has 0 radical (unpaired) electrons. The molecule has 1 atom stereocenters. The van der Waals surface area contributed by atoms with Crippen LogP contribution in [0.1, 0.15) is 36.1 Å². The Bertz CT molecular complexity index is 1180. The van der Waals surface area contributed by atoms with Gasteiger partial charge >= 0.3 is 0 Å². The molecule has 0 saturated heterocycles. The number of aromatic nitrogens is 1. The molecule has 0 aliphatic heterocycles. The van der Waals surface area contributed by atoms with Crippen LogP contribution in [0.4, 0.5) is 0 Å². The second-order valence-electron chi connectivity index (χ2n) is 7.21. The van der Waals surface area contributed by atoms with Gasteiger partial charge in [0.1, 0.15) is 5.25 Å². The van der Waals surface area contributed by atoms with E-state index in [0.29, 0.717) is 5.56 Å². The first kappa shape index (κ1) is 22.1. The summed E-state index contributed by atoms with van der Waals surface area (Å²) in [4.78, 5) is 4.22. The number of sulfone groups is 1. The minimum Gasteiger partial charge on any atom is -0.264 e. The lowest BCUT2D eigenvalue weighted by atomic mass is 10.0. The number of nitrogens with one attached hydrogen (secondary N) is 1. The van der Waals surface area contributed by atoms with Crippen molar-refractivity contribution >= 4 is 19.9 Å². The van der Waals surface area contributed by atoms with Crippen LogP contribution in [0.3, 0.4) is 0 Å². The summed E-state index contributed by atoms with van der Waals surface area (Å²) in [5.41, 5.74) is 1.44. The normalized spacial score (nSPS) is 13.3. The standard InChI is InChI=1S/C22H24N2O4S2/c1-17(2)18-10-12-21(13-11-18)30(27,28)24-16-22(19-7-6-14-23-15-19)29(25,26)20-8-4-3-5-9-20/h3-15,17,22,24H,16H2,1-2H3/t22-/m0/s1. The summed E-state index contributed by atoms with van der Waals surface area (Å²) < 4.78 is 54.5. The summed E-state index contributed by atoms with van der Waals surface area (Å²) in [6.45, 7) is 3.74. The smallest absolute Gasteiger partial charge is 0.240 e. The Morgan fingerprint density at radius 3 is 2.03 bits per heavy atom. The second-order valence-corrected chi connectivity index (χ2v) is 11.1. The Labute approximate surface area is 178 Å². The molecule has 2 aromatic carbocycles. The molecule has 158 valence electrons. The zero-order valence-corrected chi connectivity index (χ0v) is 18.4. The first-order valence-corrected chi connectivity index (χ1v) is 12.5. The largest absolute Gasteiger partial charge is 0.264 e. The zero-order valence-electron chi connectivity index (χ0n) is 16.8. The van der Waals surface area contributed by atoms with E-state index >= 15 is 0 Å². The molecule has 0 bridgehead atoms. The van der Waals surface area contributed by atoms with E-state index in [1.807, 2.05) is 13.8 Å². The zero-order chi connectivity index (χ0) is 21.8. The maximum absolute atomic E-state index is 13.2. The average Bonchev–Trinajstić information content (AvgIpc) is 2.75. The molecule has 0 unspecified atom stereocenters. The van der Waals surface area contributed by atoms with Crippen molar-refractivity contribution < 1.29 is 16.8 Å². The van der Waals surface area contributed by atoms with E-state index < -0.39 is 25.1 Å². The van der Waals surface area contributed by atoms with E-state index in [-0.39, 0.29) is 22.3 Å². The molecule has 3 aromatic rings. The monoisotopic (exact) mass is 444 g/mol. The fraction of sp³-hybridized carbons (Fsp3) is 0.227. The van der Waals surface area contributed by atoms with Crippen LogP contribution >= 0.6 is 0 Å². The first-order valence-electron chi connectivity index (χ1n) is 9.50. The van der Waals surface area contributed by atoms with Crippen molar-refractivity contribution in [2.75, 3.05) is 6.54 Å². The Morgan fingerprint density at radius 2 is 1.47 bits per heavy atom. The molecule has 0 fully saturated rings. The second kappa shape index (κ2) is 9.07. The van der Waals surface area contributed by atoms with E-state index in [1.165, 1.54) is 36.7 Å². The van der Waals surface area contributed by atoms with Crippen LogP contribution in [0.25, 0.3) is 0 Å². The SMILES string of the molecule is CC(C)c1ccc(S(=O)(=O)NC[C@@H](c2cccnc2)S(=O)(=O)c2ccccc2)cc1. The highest BCUT2D eigenvalue weighted by Crippen LogP contribution is 2.28. The molecule has 1 heterocycles. The molecule has 8 heteroatoms. The van der Waals surface area contributed by atoms with E-state index in [4.69, 9.17) is 0 Å². The quantitative estimate of drug-likeness (QED) is 0.572. The lowest BCUT2D eigenvalue weighted by molar-refractivity contribution is 0.568. The molecule has 30 heavy (non-hydrogen) atoms. The van der Waals surface area contributed by atoms with Crippen molar-refractivity contribution in [1.29, 1.82) is 0 Å². The number of hydrogen-bond acceptors (Lipinski definition) is 5. The Kier molecular flexibility index (Phi) is 6.70. The molecule has 0 aliphatic rings. The predicted octanol–water partition coefficient (Wildman–Crippen LogP) is 3.70. The van der Waals surface area contributed by atoms with Crippen molar-refractivity contribution in [3.8, 4) is 0 Å². The fourth-order valence-corrected chi connectivity index (χ4v) is 5.87. The Hall–Kier alpha value is -2.55. The van der Waals surface area contributed by atoms with Gasteiger partial charge in [-0.2, -0.15) is 0 Å². The summed E-state index contributed by atoms with van der Waals surface area (Å²) in [6.07, 6.45) is 2.98. The highest BCUT2D eigenvalue weighted by Gasteiger charge is 2.31. The van der Waals surface area contributed by atoms with Crippen LogP contribution < -0.4 is 4.72 Å². The number of hydrogen-bond donors (Lipinski definition) is 1. The van der Waals surface area contributed by atoms with Gasteiger partial charge in [-0.25, -0.2) is 21.6 Å². The van der Waals surface area contributed by atoms with Crippen molar-refractivity contribution in [2.24, 2.45) is 0 Å². The summed E-state index contributed by atoms with van der Waals surface area (Å²) >= 11 is 0. The van der Waals surface area contributed by atoms with Crippen molar-refractivity contribution in [2.45, 2.75) is 34.8 Å². The Morgan fingerprint density at radius 1 is 0.800 bits per heavy atom. The third kappa shape index (κ3) is 4.95. The number of sulfonamides is 1. The van der Waals surface area contributed by atoms with Crippen molar-refractivity contribution in [1.82, 2.24) is 9.71 Å². The lowest BCUT2D eigenvalue weighted by Gasteiger charge is -2.19. The van der Waals surface area contributed by atoms with Gasteiger partial charge in [-0.3, -0.25) is 4.98 Å².